The fraction of sp³-hybridized carbons (Fsp3) is 0.533. The molecule has 1 aromatic rings. The lowest BCUT2D eigenvalue weighted by Gasteiger charge is -2.43. The van der Waals surface area contributed by atoms with Crippen LogP contribution in [-0.4, -0.2) is 37.1 Å². The van der Waals surface area contributed by atoms with Crippen molar-refractivity contribution in [3.8, 4) is 6.07 Å². The first-order valence-corrected chi connectivity index (χ1v) is 6.82. The monoisotopic (exact) mass is 297 g/mol. The highest BCUT2D eigenvalue weighted by atomic mass is 19.4. The first-order valence-electron chi connectivity index (χ1n) is 6.82. The van der Waals surface area contributed by atoms with Crippen molar-refractivity contribution in [3.05, 3.63) is 29.3 Å². The highest BCUT2D eigenvalue weighted by Gasteiger charge is 2.34. The molecule has 1 aliphatic heterocycles. The molecule has 2 atom stereocenters. The van der Waals surface area contributed by atoms with E-state index in [1.165, 1.54) is 12.1 Å². The van der Waals surface area contributed by atoms with Crippen LogP contribution in [0, 0.1) is 11.3 Å². The number of anilines is 1. The summed E-state index contributed by atoms with van der Waals surface area (Å²) in [5.74, 6) is 0. The summed E-state index contributed by atoms with van der Waals surface area (Å²) in [7, 11) is 2.04. The second-order valence-corrected chi connectivity index (χ2v) is 5.61. The van der Waals surface area contributed by atoms with Crippen LogP contribution >= 0.6 is 0 Å². The summed E-state index contributed by atoms with van der Waals surface area (Å²) in [4.78, 5) is 4.28. The van der Waals surface area contributed by atoms with Crippen LogP contribution in [-0.2, 0) is 6.18 Å². The number of likely N-dealkylation sites (N-methyl/N-ethyl adjacent to an activating group) is 1. The van der Waals surface area contributed by atoms with Gasteiger partial charge in [0.05, 0.1) is 17.2 Å². The molecule has 0 N–H and O–H groups in total. The number of nitriles is 1. The third kappa shape index (κ3) is 3.13. The Hall–Kier alpha value is -1.74. The average molecular weight is 297 g/mol. The lowest BCUT2D eigenvalue weighted by Crippen LogP contribution is -2.55. The highest BCUT2D eigenvalue weighted by Crippen LogP contribution is 2.34. The van der Waals surface area contributed by atoms with E-state index in [4.69, 9.17) is 5.26 Å². The van der Waals surface area contributed by atoms with Gasteiger partial charge in [-0.05, 0) is 39.1 Å². The zero-order chi connectivity index (χ0) is 15.8. The van der Waals surface area contributed by atoms with Crippen molar-refractivity contribution in [1.29, 1.82) is 5.26 Å². The van der Waals surface area contributed by atoms with Gasteiger partial charge >= 0.3 is 6.18 Å². The molecule has 1 fully saturated rings. The van der Waals surface area contributed by atoms with Gasteiger partial charge in [0.15, 0.2) is 0 Å². The van der Waals surface area contributed by atoms with Crippen molar-refractivity contribution in [2.75, 3.05) is 25.0 Å². The van der Waals surface area contributed by atoms with Crippen molar-refractivity contribution in [1.82, 2.24) is 4.90 Å². The van der Waals surface area contributed by atoms with Crippen LogP contribution in [0.15, 0.2) is 18.2 Å². The topological polar surface area (TPSA) is 30.3 Å². The molecule has 1 heterocycles. The largest absolute Gasteiger partial charge is 0.417 e. The second kappa shape index (κ2) is 5.57. The Morgan fingerprint density at radius 1 is 1.19 bits per heavy atom. The summed E-state index contributed by atoms with van der Waals surface area (Å²) >= 11 is 0. The summed E-state index contributed by atoms with van der Waals surface area (Å²) < 4.78 is 38.4. The predicted octanol–water partition coefficient (Wildman–Crippen LogP) is 3.11. The molecule has 114 valence electrons. The van der Waals surface area contributed by atoms with Gasteiger partial charge in [0.1, 0.15) is 0 Å². The molecule has 0 amide bonds. The molecule has 1 aliphatic rings. The van der Waals surface area contributed by atoms with Crippen molar-refractivity contribution < 1.29 is 13.2 Å². The van der Waals surface area contributed by atoms with E-state index in [0.29, 0.717) is 17.8 Å². The maximum absolute atomic E-state index is 12.8. The fourth-order valence-corrected chi connectivity index (χ4v) is 2.68. The van der Waals surface area contributed by atoms with Crippen molar-refractivity contribution >= 4 is 5.69 Å². The standard InChI is InChI=1S/C15H18F3N3/c1-10-8-21(9-11(2)20(10)3)13-4-5-14(15(16,17)18)12(6-13)7-19/h4-6,10-11H,8-9H2,1-3H3. The van der Waals surface area contributed by atoms with Crippen LogP contribution in [0.25, 0.3) is 0 Å². The van der Waals surface area contributed by atoms with Gasteiger partial charge < -0.3 is 4.90 Å². The summed E-state index contributed by atoms with van der Waals surface area (Å²) in [5.41, 5.74) is -0.519. The molecule has 0 spiro atoms. The molecule has 21 heavy (non-hydrogen) atoms. The molecule has 0 aliphatic carbocycles. The van der Waals surface area contributed by atoms with Crippen LogP contribution in [0.2, 0.25) is 0 Å². The van der Waals surface area contributed by atoms with E-state index in [0.717, 1.165) is 19.2 Å². The number of hydrogen-bond acceptors (Lipinski definition) is 3. The maximum atomic E-state index is 12.8. The number of benzene rings is 1. The third-order valence-corrected chi connectivity index (χ3v) is 4.15. The zero-order valence-electron chi connectivity index (χ0n) is 12.3. The van der Waals surface area contributed by atoms with Gasteiger partial charge in [0.2, 0.25) is 0 Å². The molecular formula is C15H18F3N3. The second-order valence-electron chi connectivity index (χ2n) is 5.61. The number of rotatable bonds is 1. The van der Waals surface area contributed by atoms with Gasteiger partial charge in [-0.15, -0.1) is 0 Å². The normalized spacial score (nSPS) is 24.0. The average Bonchev–Trinajstić information content (AvgIpc) is 2.42. The molecule has 0 bridgehead atoms. The van der Waals surface area contributed by atoms with Gasteiger partial charge in [-0.3, -0.25) is 4.90 Å². The summed E-state index contributed by atoms with van der Waals surface area (Å²) in [6, 6.07) is 6.06. The van der Waals surface area contributed by atoms with Gasteiger partial charge in [-0.2, -0.15) is 18.4 Å². The number of nitrogens with zero attached hydrogens (tertiary/aromatic N) is 3. The Bertz CT molecular complexity index is 550. The smallest absolute Gasteiger partial charge is 0.368 e. The van der Waals surface area contributed by atoms with E-state index in [2.05, 4.69) is 18.7 Å². The predicted molar refractivity (Wildman–Crippen MR) is 75.1 cm³/mol. The Morgan fingerprint density at radius 3 is 2.24 bits per heavy atom. The first-order chi connectivity index (χ1) is 9.74. The maximum Gasteiger partial charge on any atom is 0.417 e. The molecule has 1 saturated heterocycles. The Kier molecular flexibility index (Phi) is 4.15. The number of hydrogen-bond donors (Lipinski definition) is 0. The summed E-state index contributed by atoms with van der Waals surface area (Å²) in [6.45, 7) is 5.63. The fourth-order valence-electron chi connectivity index (χ4n) is 2.68. The minimum atomic E-state index is -4.49. The summed E-state index contributed by atoms with van der Waals surface area (Å²) in [6.07, 6.45) is -4.49. The molecular weight excluding hydrogens is 279 g/mol. The van der Waals surface area contributed by atoms with Crippen LogP contribution in [0.3, 0.4) is 0 Å². The number of piperazine rings is 1. The SMILES string of the molecule is CC1CN(c2ccc(C(F)(F)F)c(C#N)c2)CC(C)N1C. The summed E-state index contributed by atoms with van der Waals surface area (Å²) in [5, 5.41) is 8.97. The van der Waals surface area contributed by atoms with E-state index in [-0.39, 0.29) is 5.56 Å². The molecule has 1 aromatic carbocycles. The van der Waals surface area contributed by atoms with Gasteiger partial charge in [0.25, 0.3) is 0 Å². The third-order valence-electron chi connectivity index (χ3n) is 4.15. The first kappa shape index (κ1) is 15.6. The van der Waals surface area contributed by atoms with E-state index in [1.54, 1.807) is 6.07 Å². The minimum Gasteiger partial charge on any atom is -0.368 e. The molecule has 6 heteroatoms. The van der Waals surface area contributed by atoms with E-state index >= 15 is 0 Å². The van der Waals surface area contributed by atoms with Gasteiger partial charge in [0, 0.05) is 30.9 Å². The minimum absolute atomic E-state index is 0.307. The van der Waals surface area contributed by atoms with E-state index in [1.807, 2.05) is 11.9 Å². The van der Waals surface area contributed by atoms with E-state index < -0.39 is 11.7 Å². The molecule has 0 aromatic heterocycles. The molecule has 2 unspecified atom stereocenters. The van der Waals surface area contributed by atoms with Crippen LogP contribution in [0.4, 0.5) is 18.9 Å². The Morgan fingerprint density at radius 2 is 1.76 bits per heavy atom. The van der Waals surface area contributed by atoms with Crippen LogP contribution in [0.1, 0.15) is 25.0 Å². The number of halogens is 3. The lowest BCUT2D eigenvalue weighted by molar-refractivity contribution is -0.137. The van der Waals surface area contributed by atoms with Crippen molar-refractivity contribution in [2.24, 2.45) is 0 Å². The van der Waals surface area contributed by atoms with Crippen molar-refractivity contribution in [3.63, 3.8) is 0 Å². The van der Waals surface area contributed by atoms with Crippen LogP contribution < -0.4 is 4.90 Å². The number of alkyl halides is 3. The quantitative estimate of drug-likeness (QED) is 0.798. The molecule has 2 rings (SSSR count). The molecule has 3 nitrogen and oxygen atoms in total. The van der Waals surface area contributed by atoms with Gasteiger partial charge in [-0.25, -0.2) is 0 Å². The zero-order valence-corrected chi connectivity index (χ0v) is 12.3. The molecule has 0 saturated carbocycles. The van der Waals surface area contributed by atoms with Crippen molar-refractivity contribution in [2.45, 2.75) is 32.1 Å². The Labute approximate surface area is 122 Å². The highest BCUT2D eigenvalue weighted by molar-refractivity contribution is 5.55. The van der Waals surface area contributed by atoms with Crippen LogP contribution in [0.5, 0.6) is 0 Å². The Balaban J connectivity index is 2.32. The lowest BCUT2D eigenvalue weighted by atomic mass is 10.0. The van der Waals surface area contributed by atoms with Gasteiger partial charge in [-0.1, -0.05) is 0 Å². The van der Waals surface area contributed by atoms with E-state index in [9.17, 15) is 13.2 Å². The molecule has 0 radical (unpaired) electrons.